The summed E-state index contributed by atoms with van der Waals surface area (Å²) in [5.41, 5.74) is 1.05. The molecule has 2 aliphatic heterocycles. The van der Waals surface area contributed by atoms with Gasteiger partial charge in [-0.3, -0.25) is 0 Å². The van der Waals surface area contributed by atoms with E-state index in [0.717, 1.165) is 36.1 Å². The highest BCUT2D eigenvalue weighted by molar-refractivity contribution is 5.69. The second-order valence-electron chi connectivity index (χ2n) is 18.7. The van der Waals surface area contributed by atoms with Gasteiger partial charge in [0.25, 0.3) is 0 Å². The van der Waals surface area contributed by atoms with Crippen molar-refractivity contribution in [2.75, 3.05) is 63.9 Å². The van der Waals surface area contributed by atoms with Gasteiger partial charge in [-0.25, -0.2) is 9.18 Å². The lowest BCUT2D eigenvalue weighted by molar-refractivity contribution is -0.139. The topological polar surface area (TPSA) is 92.7 Å². The van der Waals surface area contributed by atoms with Crippen LogP contribution in [0.3, 0.4) is 0 Å². The van der Waals surface area contributed by atoms with Crippen LogP contribution in [-0.2, 0) is 36.8 Å². The number of piperazine rings is 1. The van der Waals surface area contributed by atoms with Crippen LogP contribution in [0.25, 0.3) is 0 Å². The van der Waals surface area contributed by atoms with E-state index in [0.29, 0.717) is 55.7 Å². The van der Waals surface area contributed by atoms with Crippen molar-refractivity contribution in [3.63, 3.8) is 0 Å². The number of benzene rings is 3. The molecule has 0 bridgehead atoms. The lowest BCUT2D eigenvalue weighted by Gasteiger charge is -2.42. The second kappa shape index (κ2) is 19.0. The minimum Gasteiger partial charge on any atom is -0.497 e. The van der Waals surface area contributed by atoms with E-state index in [9.17, 15) is 4.79 Å². The fourth-order valence-electron chi connectivity index (χ4n) is 9.44. The van der Waals surface area contributed by atoms with Crippen molar-refractivity contribution in [2.24, 2.45) is 5.92 Å². The van der Waals surface area contributed by atoms with Crippen molar-refractivity contribution in [3.8, 4) is 17.5 Å². The molecule has 2 fully saturated rings. The Bertz CT molecular complexity index is 2220. The number of fused-ring (bicyclic) bond motifs is 1. The number of halogens is 4. The smallest absolute Gasteiger partial charge is 0.417 e. The zero-order valence-corrected chi connectivity index (χ0v) is 38.5. The summed E-state index contributed by atoms with van der Waals surface area (Å²) in [7, 11) is 5.20. The summed E-state index contributed by atoms with van der Waals surface area (Å²) >= 11 is 0. The third-order valence-electron chi connectivity index (χ3n) is 12.8. The molecule has 11 nitrogen and oxygen atoms in total. The van der Waals surface area contributed by atoms with E-state index in [1.54, 1.807) is 24.0 Å². The van der Waals surface area contributed by atoms with Gasteiger partial charge in [0, 0.05) is 55.9 Å². The van der Waals surface area contributed by atoms with Crippen LogP contribution in [-0.4, -0.2) is 97.6 Å². The van der Waals surface area contributed by atoms with Gasteiger partial charge in [0.1, 0.15) is 29.5 Å². The molecule has 4 aromatic rings. The molecule has 64 heavy (non-hydrogen) atoms. The number of alkyl halides is 3. The number of ether oxygens (including phenoxy) is 4. The molecule has 3 heterocycles. The van der Waals surface area contributed by atoms with E-state index in [-0.39, 0.29) is 54.4 Å². The lowest BCUT2D eigenvalue weighted by Crippen LogP contribution is -2.55. The lowest BCUT2D eigenvalue weighted by atomic mass is 9.73. The van der Waals surface area contributed by atoms with Crippen LogP contribution >= 0.6 is 0 Å². The maximum absolute atomic E-state index is 17.8. The number of aromatic nitrogens is 2. The molecule has 0 radical (unpaired) electrons. The first kappa shape index (κ1) is 46.7. The van der Waals surface area contributed by atoms with E-state index in [2.05, 4.69) is 16.8 Å². The fraction of sp³-hybridized carbons (Fsp3) is 0.531. The predicted octanol–water partition coefficient (Wildman–Crippen LogP) is 9.60. The molecule has 7 rings (SSSR count). The van der Waals surface area contributed by atoms with E-state index in [4.69, 9.17) is 28.9 Å². The number of methoxy groups -OCH3 is 2. The summed E-state index contributed by atoms with van der Waals surface area (Å²) in [6.45, 7) is 13.7. The number of anilines is 2. The number of hydrogen-bond donors (Lipinski definition) is 0. The van der Waals surface area contributed by atoms with E-state index in [1.807, 2.05) is 83.1 Å². The highest BCUT2D eigenvalue weighted by atomic mass is 19.4. The van der Waals surface area contributed by atoms with E-state index >= 15 is 17.6 Å². The molecule has 1 aliphatic carbocycles. The maximum atomic E-state index is 17.8. The van der Waals surface area contributed by atoms with Crippen molar-refractivity contribution in [1.82, 2.24) is 19.8 Å². The summed E-state index contributed by atoms with van der Waals surface area (Å²) in [4.78, 5) is 30.9. The zero-order chi connectivity index (χ0) is 46.1. The summed E-state index contributed by atoms with van der Waals surface area (Å²) in [6, 6.07) is 16.2. The Kier molecular flexibility index (Phi) is 13.9. The van der Waals surface area contributed by atoms with Gasteiger partial charge in [-0.05, 0) is 133 Å². The van der Waals surface area contributed by atoms with Crippen LogP contribution in [0, 0.1) is 18.7 Å². The van der Waals surface area contributed by atoms with Crippen molar-refractivity contribution in [2.45, 2.75) is 110 Å². The second-order valence-corrected chi connectivity index (χ2v) is 18.7. The van der Waals surface area contributed by atoms with Crippen LogP contribution in [0.5, 0.6) is 17.5 Å². The fourth-order valence-corrected chi connectivity index (χ4v) is 9.44. The number of carbonyl (C=O) groups is 1. The normalized spacial score (nSPS) is 20.5. The average Bonchev–Trinajstić information content (AvgIpc) is 3.66. The average molecular weight is 891 g/mol. The third-order valence-corrected chi connectivity index (χ3v) is 12.8. The van der Waals surface area contributed by atoms with Crippen molar-refractivity contribution >= 4 is 17.6 Å². The molecule has 1 aromatic heterocycles. The molecule has 3 aromatic carbocycles. The molecular weight excluding hydrogens is 829 g/mol. The minimum atomic E-state index is -4.84. The quantitative estimate of drug-likeness (QED) is 0.128. The predicted molar refractivity (Wildman–Crippen MR) is 239 cm³/mol. The minimum absolute atomic E-state index is 0.0395. The maximum Gasteiger partial charge on any atom is 0.417 e. The molecule has 1 amide bonds. The zero-order valence-electron chi connectivity index (χ0n) is 38.5. The first-order valence-electron chi connectivity index (χ1n) is 22.2. The number of rotatable bonds is 12. The van der Waals surface area contributed by atoms with Gasteiger partial charge in [-0.2, -0.15) is 23.1 Å². The molecule has 3 aliphatic rings. The van der Waals surface area contributed by atoms with Gasteiger partial charge in [0.2, 0.25) is 0 Å². The standard InChI is InChI=1S/C49H62F4N6O5/c1-30-23-39-40(54-46(63-29-35-11-10-20-56(35)7)55-45(39)59-22-21-57(26-32(59)3)47(60)64-48(4,5)6)25-38(30)42-43(49(51,52)53)31(2)24-41(44(42)50)58(27-33-12-16-36(61-8)17-13-33)28-34-14-18-37(62-9)19-15-34/h12-19,24,30,32,35,38H,10-11,20-23,25-29H2,1-9H3/t30-,32+,35+,38+/m1/s1. The van der Waals surface area contributed by atoms with Crippen LogP contribution < -0.4 is 24.0 Å². The van der Waals surface area contributed by atoms with E-state index in [1.165, 1.54) is 13.0 Å². The van der Waals surface area contributed by atoms with Gasteiger partial charge in [-0.1, -0.05) is 31.2 Å². The number of likely N-dealkylation sites (tertiary alicyclic amines) is 1. The number of aryl methyl sites for hydroxylation is 1. The summed E-state index contributed by atoms with van der Waals surface area (Å²) in [6.07, 6.45) is -2.88. The first-order chi connectivity index (χ1) is 30.3. The molecular formula is C49H62F4N6O5. The molecule has 346 valence electrons. The van der Waals surface area contributed by atoms with Crippen LogP contribution in [0.4, 0.5) is 33.9 Å². The van der Waals surface area contributed by atoms with Crippen molar-refractivity contribution in [1.29, 1.82) is 0 Å². The number of carbonyl (C=O) groups excluding carboxylic acids is 1. The Balaban J connectivity index is 1.29. The van der Waals surface area contributed by atoms with Gasteiger partial charge in [-0.15, -0.1) is 0 Å². The molecule has 4 atom stereocenters. The summed E-state index contributed by atoms with van der Waals surface area (Å²) in [5, 5.41) is 0. The summed E-state index contributed by atoms with van der Waals surface area (Å²) in [5.74, 6) is -0.284. The van der Waals surface area contributed by atoms with Crippen LogP contribution in [0.1, 0.15) is 92.5 Å². The number of hydrogen-bond acceptors (Lipinski definition) is 10. The van der Waals surface area contributed by atoms with Crippen molar-refractivity contribution < 1.29 is 41.3 Å². The van der Waals surface area contributed by atoms with Gasteiger partial charge < -0.3 is 38.5 Å². The molecule has 2 saturated heterocycles. The van der Waals surface area contributed by atoms with Gasteiger partial charge in [0.05, 0.1) is 31.2 Å². The Hall–Kier alpha value is -5.31. The SMILES string of the molecule is COc1ccc(CN(Cc2ccc(OC)cc2)c2cc(C)c(C(F)(F)F)c([C@H]3Cc4nc(OC[C@@H]5CCCN5C)nc(N5CCN(C(=O)OC(C)(C)C)C[C@@H]5C)c4C[C@H]3C)c2F)cc1. The monoisotopic (exact) mass is 890 g/mol. The Morgan fingerprint density at radius 2 is 1.52 bits per heavy atom. The molecule has 0 saturated carbocycles. The van der Waals surface area contributed by atoms with Crippen LogP contribution in [0.2, 0.25) is 0 Å². The molecule has 0 spiro atoms. The third kappa shape index (κ3) is 10.5. The highest BCUT2D eigenvalue weighted by Gasteiger charge is 2.44. The molecule has 0 unspecified atom stereocenters. The largest absolute Gasteiger partial charge is 0.497 e. The number of nitrogens with zero attached hydrogens (tertiary/aromatic N) is 6. The Morgan fingerprint density at radius 3 is 2.05 bits per heavy atom. The molecule has 15 heteroatoms. The highest BCUT2D eigenvalue weighted by Crippen LogP contribution is 2.48. The first-order valence-corrected chi connectivity index (χ1v) is 22.2. The van der Waals surface area contributed by atoms with E-state index < -0.39 is 41.1 Å². The Labute approximate surface area is 374 Å². The van der Waals surface area contributed by atoms with Crippen LogP contribution in [0.15, 0.2) is 54.6 Å². The van der Waals surface area contributed by atoms with Crippen molar-refractivity contribution in [3.05, 3.63) is 99.5 Å². The van der Waals surface area contributed by atoms with Gasteiger partial charge >= 0.3 is 18.3 Å². The summed E-state index contributed by atoms with van der Waals surface area (Å²) < 4.78 is 86.8. The number of likely N-dealkylation sites (N-methyl/N-ethyl adjacent to an activating group) is 1. The van der Waals surface area contributed by atoms with Gasteiger partial charge in [0.15, 0.2) is 5.82 Å². The number of amides is 1. The molecule has 0 N–H and O–H groups in total. The Morgan fingerprint density at radius 1 is 0.891 bits per heavy atom.